The number of aromatic hydroxyl groups is 1. The van der Waals surface area contributed by atoms with Gasteiger partial charge in [-0.2, -0.15) is 0 Å². The summed E-state index contributed by atoms with van der Waals surface area (Å²) in [7, 11) is 1.90. The SMILES string of the molecule is CNc1ccc2nc(-c3ccc(-c4c(C)cccc4O)cc3)[nH]c2c1. The molecule has 4 aromatic rings. The van der Waals surface area contributed by atoms with Crippen LogP contribution in [0.4, 0.5) is 5.69 Å². The lowest BCUT2D eigenvalue weighted by atomic mass is 9.98. The standard InChI is InChI=1S/C21H19N3O/c1-13-4-3-5-19(25)20(13)14-6-8-15(9-7-14)21-23-17-11-10-16(22-2)12-18(17)24-21/h3-12,22,25H,1-2H3,(H,23,24). The molecule has 3 N–H and O–H groups in total. The Labute approximate surface area is 146 Å². The van der Waals surface area contributed by atoms with Crippen LogP contribution in [0.15, 0.2) is 60.7 Å². The predicted octanol–water partition coefficient (Wildman–Crippen LogP) is 4.95. The third-order valence-electron chi connectivity index (χ3n) is 4.47. The molecule has 4 heteroatoms. The van der Waals surface area contributed by atoms with E-state index in [1.807, 2.05) is 68.6 Å². The number of hydrogen-bond donors (Lipinski definition) is 3. The Morgan fingerprint density at radius 1 is 0.960 bits per heavy atom. The van der Waals surface area contributed by atoms with Crippen molar-refractivity contribution in [2.24, 2.45) is 0 Å². The summed E-state index contributed by atoms with van der Waals surface area (Å²) in [4.78, 5) is 8.03. The van der Waals surface area contributed by atoms with Gasteiger partial charge in [-0.25, -0.2) is 4.98 Å². The predicted molar refractivity (Wildman–Crippen MR) is 103 cm³/mol. The molecular formula is C21H19N3O. The van der Waals surface area contributed by atoms with E-state index >= 15 is 0 Å². The highest BCUT2D eigenvalue weighted by Crippen LogP contribution is 2.33. The minimum Gasteiger partial charge on any atom is -0.507 e. The lowest BCUT2D eigenvalue weighted by Crippen LogP contribution is -1.86. The van der Waals surface area contributed by atoms with E-state index in [9.17, 15) is 5.11 Å². The summed E-state index contributed by atoms with van der Waals surface area (Å²) in [6.07, 6.45) is 0. The molecule has 124 valence electrons. The first-order valence-electron chi connectivity index (χ1n) is 8.22. The molecule has 0 saturated carbocycles. The van der Waals surface area contributed by atoms with Crippen molar-refractivity contribution in [3.8, 4) is 28.3 Å². The first-order valence-corrected chi connectivity index (χ1v) is 8.22. The van der Waals surface area contributed by atoms with Crippen LogP contribution in [0.1, 0.15) is 5.56 Å². The second kappa shape index (κ2) is 5.98. The summed E-state index contributed by atoms with van der Waals surface area (Å²) >= 11 is 0. The van der Waals surface area contributed by atoms with Crippen molar-refractivity contribution in [2.75, 3.05) is 12.4 Å². The van der Waals surface area contributed by atoms with E-state index in [0.717, 1.165) is 44.8 Å². The number of nitrogens with zero attached hydrogens (tertiary/aromatic N) is 1. The summed E-state index contributed by atoms with van der Waals surface area (Å²) in [5.41, 5.74) is 6.92. The van der Waals surface area contributed by atoms with E-state index in [2.05, 4.69) is 15.3 Å². The Kier molecular flexibility index (Phi) is 3.65. The molecule has 25 heavy (non-hydrogen) atoms. The molecule has 0 atom stereocenters. The fourth-order valence-corrected chi connectivity index (χ4v) is 3.12. The zero-order valence-corrected chi connectivity index (χ0v) is 14.2. The van der Waals surface area contributed by atoms with Crippen molar-refractivity contribution in [3.05, 3.63) is 66.2 Å². The topological polar surface area (TPSA) is 60.9 Å². The number of imidazole rings is 1. The highest BCUT2D eigenvalue weighted by atomic mass is 16.3. The maximum Gasteiger partial charge on any atom is 0.138 e. The van der Waals surface area contributed by atoms with E-state index in [1.54, 1.807) is 6.07 Å². The average Bonchev–Trinajstić information content (AvgIpc) is 3.05. The number of aryl methyl sites for hydroxylation is 1. The Hall–Kier alpha value is -3.27. The third kappa shape index (κ3) is 2.72. The van der Waals surface area contributed by atoms with Crippen LogP contribution < -0.4 is 5.32 Å². The molecule has 0 radical (unpaired) electrons. The van der Waals surface area contributed by atoms with Gasteiger partial charge in [0.1, 0.15) is 11.6 Å². The van der Waals surface area contributed by atoms with Gasteiger partial charge in [0.15, 0.2) is 0 Å². The van der Waals surface area contributed by atoms with Gasteiger partial charge >= 0.3 is 0 Å². The van der Waals surface area contributed by atoms with E-state index in [1.165, 1.54) is 0 Å². The van der Waals surface area contributed by atoms with Crippen LogP contribution in [-0.2, 0) is 0 Å². The molecule has 0 bridgehead atoms. The maximum atomic E-state index is 10.2. The van der Waals surface area contributed by atoms with Crippen molar-refractivity contribution in [1.29, 1.82) is 0 Å². The van der Waals surface area contributed by atoms with Crippen LogP contribution in [0.5, 0.6) is 5.75 Å². The van der Waals surface area contributed by atoms with Gasteiger partial charge in [-0.3, -0.25) is 0 Å². The first-order chi connectivity index (χ1) is 12.2. The molecule has 0 aliphatic rings. The number of phenols is 1. The van der Waals surface area contributed by atoms with Gasteiger partial charge in [0.2, 0.25) is 0 Å². The Morgan fingerprint density at radius 3 is 2.44 bits per heavy atom. The van der Waals surface area contributed by atoms with Crippen molar-refractivity contribution >= 4 is 16.7 Å². The molecule has 1 aromatic heterocycles. The number of rotatable bonds is 3. The van der Waals surface area contributed by atoms with Crippen molar-refractivity contribution in [1.82, 2.24) is 9.97 Å². The monoisotopic (exact) mass is 329 g/mol. The molecule has 3 aromatic carbocycles. The summed E-state index contributed by atoms with van der Waals surface area (Å²) in [5, 5.41) is 13.3. The summed E-state index contributed by atoms with van der Waals surface area (Å²) in [6.45, 7) is 2.00. The summed E-state index contributed by atoms with van der Waals surface area (Å²) in [5.74, 6) is 1.14. The van der Waals surface area contributed by atoms with Crippen LogP contribution >= 0.6 is 0 Å². The van der Waals surface area contributed by atoms with E-state index in [-0.39, 0.29) is 0 Å². The van der Waals surface area contributed by atoms with E-state index in [4.69, 9.17) is 0 Å². The number of nitrogens with one attached hydrogen (secondary N) is 2. The zero-order chi connectivity index (χ0) is 17.4. The lowest BCUT2D eigenvalue weighted by molar-refractivity contribution is 0.477. The van der Waals surface area contributed by atoms with Gasteiger partial charge in [-0.15, -0.1) is 0 Å². The largest absolute Gasteiger partial charge is 0.507 e. The number of benzene rings is 3. The van der Waals surface area contributed by atoms with Gasteiger partial charge in [0.25, 0.3) is 0 Å². The molecule has 4 nitrogen and oxygen atoms in total. The molecule has 0 saturated heterocycles. The van der Waals surface area contributed by atoms with Gasteiger partial charge in [-0.05, 0) is 42.3 Å². The van der Waals surface area contributed by atoms with Gasteiger partial charge in [-0.1, -0.05) is 36.4 Å². The highest BCUT2D eigenvalue weighted by molar-refractivity contribution is 5.83. The fraction of sp³-hybridized carbons (Fsp3) is 0.0952. The maximum absolute atomic E-state index is 10.2. The molecule has 4 rings (SSSR count). The molecule has 1 heterocycles. The molecule has 0 fully saturated rings. The number of anilines is 1. The zero-order valence-electron chi connectivity index (χ0n) is 14.2. The second-order valence-corrected chi connectivity index (χ2v) is 6.11. The summed E-state index contributed by atoms with van der Waals surface area (Å²) < 4.78 is 0. The first kappa shape index (κ1) is 15.3. The smallest absolute Gasteiger partial charge is 0.138 e. The third-order valence-corrected chi connectivity index (χ3v) is 4.47. The number of fused-ring (bicyclic) bond motifs is 1. The number of aromatic nitrogens is 2. The minimum atomic E-state index is 0.302. The fourth-order valence-electron chi connectivity index (χ4n) is 3.12. The molecule has 0 aliphatic heterocycles. The minimum absolute atomic E-state index is 0.302. The van der Waals surface area contributed by atoms with Crippen molar-refractivity contribution in [3.63, 3.8) is 0 Å². The van der Waals surface area contributed by atoms with Crippen LogP contribution in [0, 0.1) is 6.92 Å². The lowest BCUT2D eigenvalue weighted by Gasteiger charge is -2.09. The van der Waals surface area contributed by atoms with Gasteiger partial charge < -0.3 is 15.4 Å². The molecular weight excluding hydrogens is 310 g/mol. The number of aromatic amines is 1. The normalized spacial score (nSPS) is 11.0. The van der Waals surface area contributed by atoms with Crippen LogP contribution in [0.25, 0.3) is 33.5 Å². The van der Waals surface area contributed by atoms with Gasteiger partial charge in [0, 0.05) is 23.9 Å². The highest BCUT2D eigenvalue weighted by Gasteiger charge is 2.09. The van der Waals surface area contributed by atoms with Crippen LogP contribution in [0.2, 0.25) is 0 Å². The quantitative estimate of drug-likeness (QED) is 0.498. The Bertz CT molecular complexity index is 1030. The van der Waals surface area contributed by atoms with E-state index < -0.39 is 0 Å². The Balaban J connectivity index is 1.73. The number of H-pyrrole nitrogens is 1. The van der Waals surface area contributed by atoms with Crippen molar-refractivity contribution < 1.29 is 5.11 Å². The molecule has 0 amide bonds. The second-order valence-electron chi connectivity index (χ2n) is 6.11. The average molecular weight is 329 g/mol. The van der Waals surface area contributed by atoms with Gasteiger partial charge in [0.05, 0.1) is 11.0 Å². The van der Waals surface area contributed by atoms with Crippen LogP contribution in [0.3, 0.4) is 0 Å². The molecule has 0 spiro atoms. The molecule has 0 unspecified atom stereocenters. The Morgan fingerprint density at radius 2 is 1.72 bits per heavy atom. The number of phenolic OH excluding ortho intramolecular Hbond substituents is 1. The summed E-state index contributed by atoms with van der Waals surface area (Å²) in [6, 6.07) is 19.7. The van der Waals surface area contributed by atoms with Crippen molar-refractivity contribution in [2.45, 2.75) is 6.92 Å². The number of hydrogen-bond acceptors (Lipinski definition) is 3. The molecule has 0 aliphatic carbocycles. The van der Waals surface area contributed by atoms with E-state index in [0.29, 0.717) is 5.75 Å². The van der Waals surface area contributed by atoms with Crippen LogP contribution in [-0.4, -0.2) is 22.1 Å².